The van der Waals surface area contributed by atoms with Crippen molar-refractivity contribution < 1.29 is 14.0 Å². The van der Waals surface area contributed by atoms with Crippen LogP contribution in [0.5, 0.6) is 0 Å². The van der Waals surface area contributed by atoms with Crippen molar-refractivity contribution in [3.05, 3.63) is 70.6 Å². The molecule has 0 radical (unpaired) electrons. The Morgan fingerprint density at radius 2 is 1.72 bits per heavy atom. The number of anilines is 1. The molecule has 0 unspecified atom stereocenters. The molecule has 0 saturated heterocycles. The number of nitrogens with zero attached hydrogens (tertiary/aromatic N) is 1. The molecule has 0 bridgehead atoms. The Morgan fingerprint density at radius 1 is 1.04 bits per heavy atom. The molecule has 3 rings (SSSR count). The van der Waals surface area contributed by atoms with Gasteiger partial charge in [-0.25, -0.2) is 4.39 Å². The van der Waals surface area contributed by atoms with E-state index in [2.05, 4.69) is 5.32 Å². The number of carbonyl (C=O) groups excluding carboxylic acids is 2. The molecule has 0 aromatic heterocycles. The second-order valence-corrected chi connectivity index (χ2v) is 6.40. The van der Waals surface area contributed by atoms with E-state index >= 15 is 0 Å². The molecule has 0 saturated carbocycles. The van der Waals surface area contributed by atoms with Crippen LogP contribution < -0.4 is 5.32 Å². The van der Waals surface area contributed by atoms with Gasteiger partial charge in [0.2, 0.25) is 0 Å². The highest BCUT2D eigenvalue weighted by molar-refractivity contribution is 6.37. The summed E-state index contributed by atoms with van der Waals surface area (Å²) in [5, 5.41) is 3.43. The molecule has 2 amide bonds. The monoisotopic (exact) mass is 358 g/mol. The highest BCUT2D eigenvalue weighted by Gasteiger charge is 2.40. The molecule has 0 aliphatic carbocycles. The molecule has 2 aromatic carbocycles. The van der Waals surface area contributed by atoms with Crippen LogP contribution in [0.15, 0.2) is 54.2 Å². The predicted molar refractivity (Wildman–Crippen MR) is 95.4 cm³/mol. The van der Waals surface area contributed by atoms with E-state index in [1.54, 1.807) is 44.2 Å². The lowest BCUT2D eigenvalue weighted by Gasteiger charge is -2.19. The van der Waals surface area contributed by atoms with Crippen LogP contribution >= 0.6 is 11.6 Å². The zero-order valence-electron chi connectivity index (χ0n) is 13.7. The maximum atomic E-state index is 13.5. The molecule has 1 aliphatic rings. The van der Waals surface area contributed by atoms with Crippen LogP contribution in [0.2, 0.25) is 5.02 Å². The van der Waals surface area contributed by atoms with E-state index in [1.807, 2.05) is 0 Å². The van der Waals surface area contributed by atoms with Gasteiger partial charge in [0.15, 0.2) is 0 Å². The van der Waals surface area contributed by atoms with Gasteiger partial charge in [0.25, 0.3) is 11.8 Å². The molecule has 2 aromatic rings. The van der Waals surface area contributed by atoms with Gasteiger partial charge >= 0.3 is 0 Å². The molecule has 1 aliphatic heterocycles. The van der Waals surface area contributed by atoms with Gasteiger partial charge in [0, 0.05) is 16.8 Å². The Kier molecular flexibility index (Phi) is 4.59. The summed E-state index contributed by atoms with van der Waals surface area (Å²) < 4.78 is 13.5. The molecule has 128 valence electrons. The smallest absolute Gasteiger partial charge is 0.278 e. The average Bonchev–Trinajstić information content (AvgIpc) is 2.79. The number of halogens is 2. The molecule has 0 spiro atoms. The van der Waals surface area contributed by atoms with Gasteiger partial charge in [0.05, 0.1) is 5.57 Å². The first-order valence-electron chi connectivity index (χ1n) is 7.79. The topological polar surface area (TPSA) is 49.4 Å². The van der Waals surface area contributed by atoms with Crippen molar-refractivity contribution in [3.63, 3.8) is 0 Å². The maximum Gasteiger partial charge on any atom is 0.278 e. The number of hydrogen-bond acceptors (Lipinski definition) is 3. The first-order valence-corrected chi connectivity index (χ1v) is 8.17. The van der Waals surface area contributed by atoms with E-state index in [-0.39, 0.29) is 23.2 Å². The second-order valence-electron chi connectivity index (χ2n) is 5.97. The van der Waals surface area contributed by atoms with E-state index < -0.39 is 11.7 Å². The molecule has 1 N–H and O–H groups in total. The highest BCUT2D eigenvalue weighted by Crippen LogP contribution is 2.32. The Balaban J connectivity index is 2.10. The lowest BCUT2D eigenvalue weighted by Crippen LogP contribution is -2.38. The third-order valence-electron chi connectivity index (χ3n) is 3.86. The van der Waals surface area contributed by atoms with Crippen LogP contribution in [0, 0.1) is 5.82 Å². The van der Waals surface area contributed by atoms with E-state index in [9.17, 15) is 14.0 Å². The van der Waals surface area contributed by atoms with Crippen LogP contribution in [0.4, 0.5) is 10.1 Å². The molecular weight excluding hydrogens is 343 g/mol. The van der Waals surface area contributed by atoms with Crippen LogP contribution in [0.3, 0.4) is 0 Å². The third kappa shape index (κ3) is 3.28. The molecule has 4 nitrogen and oxygen atoms in total. The van der Waals surface area contributed by atoms with Crippen molar-refractivity contribution in [2.45, 2.75) is 19.9 Å². The first-order chi connectivity index (χ1) is 11.9. The second kappa shape index (κ2) is 6.69. The number of imide groups is 1. The van der Waals surface area contributed by atoms with Gasteiger partial charge in [-0.05, 0) is 49.7 Å². The Hall–Kier alpha value is -2.66. The van der Waals surface area contributed by atoms with Crippen LogP contribution in [-0.4, -0.2) is 22.8 Å². The minimum atomic E-state index is -0.436. The van der Waals surface area contributed by atoms with Crippen LogP contribution in [-0.2, 0) is 9.59 Å². The number of carbonyl (C=O) groups is 2. The highest BCUT2D eigenvalue weighted by atomic mass is 35.5. The van der Waals surface area contributed by atoms with E-state index in [4.69, 9.17) is 11.6 Å². The van der Waals surface area contributed by atoms with Crippen LogP contribution in [0.25, 0.3) is 5.57 Å². The Bertz CT molecular complexity index is 875. The average molecular weight is 359 g/mol. The summed E-state index contributed by atoms with van der Waals surface area (Å²) in [5.41, 5.74) is 1.35. The summed E-state index contributed by atoms with van der Waals surface area (Å²) in [6.45, 7) is 3.53. The lowest BCUT2D eigenvalue weighted by atomic mass is 10.0. The standard InChI is InChI=1S/C19H16ClFN2O2/c1-11(2)23-18(24)16(12-6-8-13(20)9-7-12)17(19(23)25)22-15-5-3-4-14(21)10-15/h3-11,22H,1-2H3. The fourth-order valence-corrected chi connectivity index (χ4v) is 2.85. The zero-order chi connectivity index (χ0) is 18.1. The van der Waals surface area contributed by atoms with Gasteiger partial charge in [0.1, 0.15) is 11.5 Å². The largest absolute Gasteiger partial charge is 0.350 e. The number of hydrogen-bond donors (Lipinski definition) is 1. The van der Waals surface area contributed by atoms with Crippen molar-refractivity contribution in [2.75, 3.05) is 5.32 Å². The summed E-state index contributed by atoms with van der Waals surface area (Å²) in [5.74, 6) is -1.26. The fraction of sp³-hybridized carbons (Fsp3) is 0.158. The number of rotatable bonds is 4. The van der Waals surface area contributed by atoms with Crippen molar-refractivity contribution in [1.29, 1.82) is 0 Å². The van der Waals surface area contributed by atoms with Gasteiger partial charge in [-0.15, -0.1) is 0 Å². The van der Waals surface area contributed by atoms with Crippen molar-refractivity contribution >= 4 is 34.7 Å². The summed E-state index contributed by atoms with van der Waals surface area (Å²) in [4.78, 5) is 26.8. The lowest BCUT2D eigenvalue weighted by molar-refractivity contribution is -0.138. The molecule has 1 heterocycles. The fourth-order valence-electron chi connectivity index (χ4n) is 2.73. The minimum Gasteiger partial charge on any atom is -0.350 e. The van der Waals surface area contributed by atoms with Gasteiger partial charge in [-0.1, -0.05) is 29.8 Å². The number of nitrogens with one attached hydrogen (secondary N) is 1. The minimum absolute atomic E-state index is 0.131. The number of amides is 2. The van der Waals surface area contributed by atoms with Crippen molar-refractivity contribution in [2.24, 2.45) is 0 Å². The van der Waals surface area contributed by atoms with E-state index in [1.165, 1.54) is 23.1 Å². The van der Waals surface area contributed by atoms with Crippen LogP contribution in [0.1, 0.15) is 19.4 Å². The molecular formula is C19H16ClFN2O2. The maximum absolute atomic E-state index is 13.5. The summed E-state index contributed by atoms with van der Waals surface area (Å²) in [6, 6.07) is 12.1. The zero-order valence-corrected chi connectivity index (χ0v) is 14.5. The molecule has 6 heteroatoms. The summed E-state index contributed by atoms with van der Waals surface area (Å²) in [6.07, 6.45) is 0. The first kappa shape index (κ1) is 17.2. The molecule has 0 fully saturated rings. The Morgan fingerprint density at radius 3 is 2.32 bits per heavy atom. The number of benzene rings is 2. The van der Waals surface area contributed by atoms with Crippen molar-refractivity contribution in [3.8, 4) is 0 Å². The Labute approximate surface area is 149 Å². The van der Waals surface area contributed by atoms with Crippen molar-refractivity contribution in [1.82, 2.24) is 4.90 Å². The summed E-state index contributed by atoms with van der Waals surface area (Å²) in [7, 11) is 0. The van der Waals surface area contributed by atoms with E-state index in [0.717, 1.165) is 0 Å². The van der Waals surface area contributed by atoms with Gasteiger partial charge in [-0.2, -0.15) is 0 Å². The SMILES string of the molecule is CC(C)N1C(=O)C(Nc2cccc(F)c2)=C(c2ccc(Cl)cc2)C1=O. The third-order valence-corrected chi connectivity index (χ3v) is 4.11. The van der Waals surface area contributed by atoms with Gasteiger partial charge < -0.3 is 5.32 Å². The quantitative estimate of drug-likeness (QED) is 0.838. The predicted octanol–water partition coefficient (Wildman–Crippen LogP) is 4.08. The molecule has 0 atom stereocenters. The molecule has 25 heavy (non-hydrogen) atoms. The van der Waals surface area contributed by atoms with Gasteiger partial charge in [-0.3, -0.25) is 14.5 Å². The normalized spacial score (nSPS) is 14.7. The van der Waals surface area contributed by atoms with E-state index in [0.29, 0.717) is 16.3 Å². The summed E-state index contributed by atoms with van der Waals surface area (Å²) >= 11 is 5.91.